The molecule has 2 unspecified atom stereocenters. The van der Waals surface area contributed by atoms with Crippen LogP contribution in [0.5, 0.6) is 5.75 Å². The molecule has 1 saturated heterocycles. The minimum atomic E-state index is 0. The first-order valence-electron chi connectivity index (χ1n) is 9.43. The van der Waals surface area contributed by atoms with E-state index in [4.69, 9.17) is 9.47 Å². The van der Waals surface area contributed by atoms with E-state index in [-0.39, 0.29) is 41.7 Å². The van der Waals surface area contributed by atoms with Crippen LogP contribution in [0.1, 0.15) is 27.7 Å². The lowest BCUT2D eigenvalue weighted by Crippen LogP contribution is -2.59. The third-order valence-corrected chi connectivity index (χ3v) is 4.59. The maximum absolute atomic E-state index is 5.85. The van der Waals surface area contributed by atoms with Crippen molar-refractivity contribution < 1.29 is 9.47 Å². The minimum absolute atomic E-state index is 0. The molecule has 1 aliphatic rings. The molecule has 1 aliphatic heterocycles. The molecule has 0 aliphatic carbocycles. The first-order valence-corrected chi connectivity index (χ1v) is 9.43. The van der Waals surface area contributed by atoms with Gasteiger partial charge in [-0.1, -0.05) is 18.2 Å². The topological polar surface area (TPSA) is 58.1 Å². The molecule has 6 nitrogen and oxygen atoms in total. The van der Waals surface area contributed by atoms with Crippen molar-refractivity contribution in [1.82, 2.24) is 15.5 Å². The van der Waals surface area contributed by atoms with E-state index in [1.165, 1.54) is 0 Å². The van der Waals surface area contributed by atoms with E-state index in [0.717, 1.165) is 31.3 Å². The van der Waals surface area contributed by atoms with Gasteiger partial charge in [0.05, 0.1) is 18.8 Å². The SMILES string of the molecule is CN=C(NCCOc1ccccc1)NCC(C)(C)N1CC(C)OC(C)C1.I. The summed E-state index contributed by atoms with van der Waals surface area (Å²) < 4.78 is 11.5. The Hall–Kier alpha value is -1.06. The standard InChI is InChI=1S/C20H34N4O2.HI/c1-16-13-24(14-17(2)26-16)20(3,4)15-23-19(21-5)22-11-12-25-18-9-7-6-8-10-18;/h6-10,16-17H,11-15H2,1-5H3,(H2,21,22,23);1H. The third-order valence-electron chi connectivity index (χ3n) is 4.59. The Kier molecular flexibility index (Phi) is 10.4. The number of aliphatic imine (C=N–C) groups is 1. The Morgan fingerprint density at radius 3 is 2.41 bits per heavy atom. The first kappa shape index (κ1) is 24.0. The molecular formula is C20H35IN4O2. The van der Waals surface area contributed by atoms with Gasteiger partial charge in [0.2, 0.25) is 0 Å². The lowest BCUT2D eigenvalue weighted by molar-refractivity contribution is -0.0946. The summed E-state index contributed by atoms with van der Waals surface area (Å²) in [5, 5.41) is 6.74. The van der Waals surface area contributed by atoms with Crippen molar-refractivity contribution in [3.8, 4) is 5.75 Å². The van der Waals surface area contributed by atoms with Crippen LogP contribution in [0.2, 0.25) is 0 Å². The zero-order chi connectivity index (χ0) is 19.0. The Bertz CT molecular complexity index is 558. The van der Waals surface area contributed by atoms with Crippen LogP contribution in [0, 0.1) is 0 Å². The second-order valence-corrected chi connectivity index (χ2v) is 7.49. The van der Waals surface area contributed by atoms with Crippen LogP contribution in [-0.4, -0.2) is 68.4 Å². The first-order chi connectivity index (χ1) is 12.4. The van der Waals surface area contributed by atoms with Crippen molar-refractivity contribution >= 4 is 29.9 Å². The second-order valence-electron chi connectivity index (χ2n) is 7.49. The summed E-state index contributed by atoms with van der Waals surface area (Å²) in [6.07, 6.45) is 0.538. The van der Waals surface area contributed by atoms with Crippen LogP contribution < -0.4 is 15.4 Å². The van der Waals surface area contributed by atoms with Crippen molar-refractivity contribution in [2.24, 2.45) is 4.99 Å². The highest BCUT2D eigenvalue weighted by molar-refractivity contribution is 14.0. The van der Waals surface area contributed by atoms with Gasteiger partial charge in [-0.15, -0.1) is 24.0 Å². The van der Waals surface area contributed by atoms with E-state index >= 15 is 0 Å². The number of hydrogen-bond donors (Lipinski definition) is 2. The van der Waals surface area contributed by atoms with Gasteiger partial charge < -0.3 is 20.1 Å². The van der Waals surface area contributed by atoms with Crippen molar-refractivity contribution in [1.29, 1.82) is 0 Å². The molecular weight excluding hydrogens is 455 g/mol. The number of guanidine groups is 1. The van der Waals surface area contributed by atoms with E-state index in [1.807, 2.05) is 30.3 Å². The van der Waals surface area contributed by atoms with Gasteiger partial charge >= 0.3 is 0 Å². The van der Waals surface area contributed by atoms with Gasteiger partial charge in [-0.05, 0) is 39.8 Å². The van der Waals surface area contributed by atoms with Crippen molar-refractivity contribution in [3.05, 3.63) is 30.3 Å². The van der Waals surface area contributed by atoms with E-state index in [9.17, 15) is 0 Å². The summed E-state index contributed by atoms with van der Waals surface area (Å²) >= 11 is 0. The highest BCUT2D eigenvalue weighted by Crippen LogP contribution is 2.20. The number of rotatable bonds is 7. The van der Waals surface area contributed by atoms with E-state index in [2.05, 4.69) is 48.2 Å². The van der Waals surface area contributed by atoms with Gasteiger partial charge in [-0.2, -0.15) is 0 Å². The predicted octanol–water partition coefficient (Wildman–Crippen LogP) is 2.74. The summed E-state index contributed by atoms with van der Waals surface area (Å²) in [6, 6.07) is 9.84. The highest BCUT2D eigenvalue weighted by Gasteiger charge is 2.33. The van der Waals surface area contributed by atoms with Gasteiger partial charge in [-0.3, -0.25) is 9.89 Å². The molecule has 0 radical (unpaired) electrons. The van der Waals surface area contributed by atoms with Crippen LogP contribution in [-0.2, 0) is 4.74 Å². The number of nitrogens with zero attached hydrogens (tertiary/aromatic N) is 2. The predicted molar refractivity (Wildman–Crippen MR) is 122 cm³/mol. The number of nitrogens with one attached hydrogen (secondary N) is 2. The lowest BCUT2D eigenvalue weighted by atomic mass is 10.00. The molecule has 1 fully saturated rings. The maximum Gasteiger partial charge on any atom is 0.191 e. The zero-order valence-corrected chi connectivity index (χ0v) is 19.5. The molecule has 0 saturated carbocycles. The molecule has 1 aromatic carbocycles. The van der Waals surface area contributed by atoms with Crippen LogP contribution in [0.25, 0.3) is 0 Å². The average molecular weight is 490 g/mol. The Balaban J connectivity index is 0.00000364. The molecule has 2 N–H and O–H groups in total. The summed E-state index contributed by atoms with van der Waals surface area (Å²) in [7, 11) is 1.79. The summed E-state index contributed by atoms with van der Waals surface area (Å²) in [5.74, 6) is 1.68. The van der Waals surface area contributed by atoms with Gasteiger partial charge in [0.1, 0.15) is 12.4 Å². The minimum Gasteiger partial charge on any atom is -0.492 e. The molecule has 2 atom stereocenters. The Morgan fingerprint density at radius 1 is 1.19 bits per heavy atom. The molecule has 7 heteroatoms. The van der Waals surface area contributed by atoms with Crippen LogP contribution in [0.4, 0.5) is 0 Å². The number of morpholine rings is 1. The molecule has 2 rings (SSSR count). The lowest BCUT2D eigenvalue weighted by Gasteiger charge is -2.45. The van der Waals surface area contributed by atoms with Crippen LogP contribution in [0.3, 0.4) is 0 Å². The number of halogens is 1. The molecule has 0 amide bonds. The molecule has 0 aromatic heterocycles. The number of para-hydroxylation sites is 1. The molecule has 154 valence electrons. The molecule has 27 heavy (non-hydrogen) atoms. The average Bonchev–Trinajstić information content (AvgIpc) is 2.61. The zero-order valence-electron chi connectivity index (χ0n) is 17.2. The fraction of sp³-hybridized carbons (Fsp3) is 0.650. The van der Waals surface area contributed by atoms with Crippen molar-refractivity contribution in [2.75, 3.05) is 39.8 Å². The van der Waals surface area contributed by atoms with Gasteiger partial charge in [0.25, 0.3) is 0 Å². The van der Waals surface area contributed by atoms with Gasteiger partial charge in [-0.25, -0.2) is 0 Å². The third kappa shape index (κ3) is 8.23. The summed E-state index contributed by atoms with van der Waals surface area (Å²) in [4.78, 5) is 6.80. The van der Waals surface area contributed by atoms with Gasteiger partial charge in [0, 0.05) is 32.2 Å². The quantitative estimate of drug-likeness (QED) is 0.267. The number of hydrogen-bond acceptors (Lipinski definition) is 4. The van der Waals surface area contributed by atoms with E-state index < -0.39 is 0 Å². The largest absolute Gasteiger partial charge is 0.492 e. The highest BCUT2D eigenvalue weighted by atomic mass is 127. The summed E-state index contributed by atoms with van der Waals surface area (Å²) in [6.45, 7) is 12.8. The molecule has 1 heterocycles. The number of benzene rings is 1. The van der Waals surface area contributed by atoms with Crippen molar-refractivity contribution in [2.45, 2.75) is 45.4 Å². The van der Waals surface area contributed by atoms with E-state index in [1.54, 1.807) is 7.05 Å². The summed E-state index contributed by atoms with van der Waals surface area (Å²) in [5.41, 5.74) is 0.0183. The maximum atomic E-state index is 5.85. The van der Waals surface area contributed by atoms with Crippen LogP contribution in [0.15, 0.2) is 35.3 Å². The Morgan fingerprint density at radius 2 is 1.81 bits per heavy atom. The van der Waals surface area contributed by atoms with Gasteiger partial charge in [0.15, 0.2) is 5.96 Å². The fourth-order valence-electron chi connectivity index (χ4n) is 3.16. The smallest absolute Gasteiger partial charge is 0.191 e. The molecule has 0 spiro atoms. The van der Waals surface area contributed by atoms with E-state index in [0.29, 0.717) is 13.2 Å². The monoisotopic (exact) mass is 490 g/mol. The normalized spacial score (nSPS) is 21.3. The fourth-order valence-corrected chi connectivity index (χ4v) is 3.16. The second kappa shape index (κ2) is 11.7. The van der Waals surface area contributed by atoms with Crippen LogP contribution >= 0.6 is 24.0 Å². The molecule has 1 aromatic rings. The number of ether oxygens (including phenoxy) is 2. The van der Waals surface area contributed by atoms with Crippen molar-refractivity contribution in [3.63, 3.8) is 0 Å². The Labute approximate surface area is 181 Å². The molecule has 0 bridgehead atoms.